The van der Waals surface area contributed by atoms with Gasteiger partial charge < -0.3 is 33.2 Å². The van der Waals surface area contributed by atoms with Crippen molar-refractivity contribution in [2.24, 2.45) is 5.41 Å². The van der Waals surface area contributed by atoms with Gasteiger partial charge in [0.15, 0.2) is 0 Å². The van der Waals surface area contributed by atoms with E-state index in [0.717, 1.165) is 17.9 Å². The SMILES string of the molecule is CC(C)(C)CCOCCOCCOCCOCCOCCOCCOCCn1cc(CN2C(=O)C=CC2=O)nn1. The predicted molar refractivity (Wildman–Crippen MR) is 145 cm³/mol. The summed E-state index contributed by atoms with van der Waals surface area (Å²) in [5.74, 6) is -0.686. The summed E-state index contributed by atoms with van der Waals surface area (Å²) < 4.78 is 40.0. The number of aromatic nitrogens is 3. The minimum absolute atomic E-state index is 0.104. The second-order valence-electron chi connectivity index (χ2n) is 10.2. The van der Waals surface area contributed by atoms with E-state index in [2.05, 4.69) is 31.1 Å². The molecule has 0 saturated heterocycles. The Morgan fingerprint density at radius 1 is 0.625 bits per heavy atom. The number of hydrogen-bond acceptors (Lipinski definition) is 11. The summed E-state index contributed by atoms with van der Waals surface area (Å²) in [5, 5.41) is 7.96. The molecule has 0 radical (unpaired) electrons. The van der Waals surface area contributed by atoms with Crippen molar-refractivity contribution in [3.8, 4) is 0 Å². The maximum Gasteiger partial charge on any atom is 0.253 e. The maximum atomic E-state index is 11.6. The third-order valence-electron chi connectivity index (χ3n) is 5.50. The van der Waals surface area contributed by atoms with Crippen LogP contribution in [0.3, 0.4) is 0 Å². The van der Waals surface area contributed by atoms with Gasteiger partial charge >= 0.3 is 0 Å². The number of imide groups is 1. The van der Waals surface area contributed by atoms with Crippen molar-refractivity contribution in [3.63, 3.8) is 0 Å². The van der Waals surface area contributed by atoms with Crippen molar-refractivity contribution in [1.82, 2.24) is 19.9 Å². The lowest BCUT2D eigenvalue weighted by molar-refractivity contribution is -0.137. The number of rotatable bonds is 25. The molecule has 228 valence electrons. The molecule has 40 heavy (non-hydrogen) atoms. The Bertz CT molecular complexity index is 839. The van der Waals surface area contributed by atoms with Gasteiger partial charge in [-0.05, 0) is 11.8 Å². The fourth-order valence-electron chi connectivity index (χ4n) is 3.23. The van der Waals surface area contributed by atoms with E-state index in [0.29, 0.717) is 104 Å². The summed E-state index contributed by atoms with van der Waals surface area (Å²) in [6, 6.07) is 0. The van der Waals surface area contributed by atoms with Crippen molar-refractivity contribution in [2.75, 3.05) is 92.5 Å². The molecule has 1 aromatic heterocycles. The Balaban J connectivity index is 1.25. The van der Waals surface area contributed by atoms with E-state index in [1.54, 1.807) is 10.9 Å². The number of hydrogen-bond donors (Lipinski definition) is 0. The Hall–Kier alpha value is -2.26. The quantitative estimate of drug-likeness (QED) is 0.124. The molecule has 0 unspecified atom stereocenters. The second kappa shape index (κ2) is 20.6. The highest BCUT2D eigenvalue weighted by Gasteiger charge is 2.24. The average molecular weight is 571 g/mol. The van der Waals surface area contributed by atoms with Gasteiger partial charge in [-0.1, -0.05) is 26.0 Å². The van der Waals surface area contributed by atoms with Gasteiger partial charge in [0.25, 0.3) is 11.8 Å². The second-order valence-corrected chi connectivity index (χ2v) is 10.2. The van der Waals surface area contributed by atoms with Crippen LogP contribution < -0.4 is 0 Å². The molecule has 0 saturated carbocycles. The van der Waals surface area contributed by atoms with Crippen LogP contribution in [0.2, 0.25) is 0 Å². The summed E-state index contributed by atoms with van der Waals surface area (Å²) in [7, 11) is 0. The minimum Gasteiger partial charge on any atom is -0.379 e. The summed E-state index contributed by atoms with van der Waals surface area (Å²) in [6.07, 6.45) is 5.22. The molecule has 0 N–H and O–H groups in total. The summed E-state index contributed by atoms with van der Waals surface area (Å²) in [6.45, 7) is 14.6. The largest absolute Gasteiger partial charge is 0.379 e. The van der Waals surface area contributed by atoms with E-state index in [9.17, 15) is 9.59 Å². The Kier molecular flexibility index (Phi) is 17.5. The molecule has 1 aliphatic rings. The van der Waals surface area contributed by atoms with Gasteiger partial charge in [-0.15, -0.1) is 5.10 Å². The molecule has 2 rings (SSSR count). The molecule has 2 heterocycles. The maximum absolute atomic E-state index is 11.6. The van der Waals surface area contributed by atoms with Crippen molar-refractivity contribution >= 4 is 11.8 Å². The van der Waals surface area contributed by atoms with Crippen LogP contribution in [-0.4, -0.2) is 124 Å². The first-order chi connectivity index (χ1) is 19.3. The molecule has 0 atom stereocenters. The first kappa shape index (κ1) is 33.9. The lowest BCUT2D eigenvalue weighted by Gasteiger charge is -2.17. The summed E-state index contributed by atoms with van der Waals surface area (Å²) in [4.78, 5) is 24.3. The smallest absolute Gasteiger partial charge is 0.253 e. The lowest BCUT2D eigenvalue weighted by atomic mass is 9.93. The van der Waals surface area contributed by atoms with Crippen molar-refractivity contribution in [2.45, 2.75) is 40.3 Å². The third kappa shape index (κ3) is 16.8. The highest BCUT2D eigenvalue weighted by Crippen LogP contribution is 2.17. The fraction of sp³-hybridized carbons (Fsp3) is 0.778. The summed E-state index contributed by atoms with van der Waals surface area (Å²) >= 11 is 0. The number of ether oxygens (including phenoxy) is 7. The van der Waals surface area contributed by atoms with E-state index in [1.807, 2.05) is 0 Å². The molecule has 0 bridgehead atoms. The Morgan fingerprint density at radius 2 is 1.02 bits per heavy atom. The fourth-order valence-corrected chi connectivity index (χ4v) is 3.23. The molecule has 0 aliphatic carbocycles. The molecule has 0 spiro atoms. The number of nitrogens with zero attached hydrogens (tertiary/aromatic N) is 4. The van der Waals surface area contributed by atoms with Gasteiger partial charge in [0.1, 0.15) is 5.69 Å². The predicted octanol–water partition coefficient (Wildman–Crippen LogP) is 1.26. The lowest BCUT2D eigenvalue weighted by Crippen LogP contribution is -2.29. The zero-order valence-electron chi connectivity index (χ0n) is 24.2. The highest BCUT2D eigenvalue weighted by atomic mass is 16.6. The normalized spacial score (nSPS) is 13.7. The van der Waals surface area contributed by atoms with Crippen LogP contribution in [0.4, 0.5) is 0 Å². The van der Waals surface area contributed by atoms with Gasteiger partial charge in [-0.25, -0.2) is 4.68 Å². The third-order valence-corrected chi connectivity index (χ3v) is 5.50. The first-order valence-electron chi connectivity index (χ1n) is 13.8. The number of amides is 2. The molecule has 13 nitrogen and oxygen atoms in total. The topological polar surface area (TPSA) is 133 Å². The van der Waals surface area contributed by atoms with Crippen LogP contribution in [0.1, 0.15) is 32.9 Å². The molecular formula is C27H46N4O9. The molecule has 13 heteroatoms. The molecule has 0 aromatic carbocycles. The molecule has 1 aromatic rings. The zero-order valence-corrected chi connectivity index (χ0v) is 24.2. The van der Waals surface area contributed by atoms with Crippen LogP contribution in [0.15, 0.2) is 18.3 Å². The summed E-state index contributed by atoms with van der Waals surface area (Å²) in [5.41, 5.74) is 0.837. The highest BCUT2D eigenvalue weighted by molar-refractivity contribution is 6.12. The van der Waals surface area contributed by atoms with Crippen LogP contribution in [0.5, 0.6) is 0 Å². The van der Waals surface area contributed by atoms with Crippen LogP contribution >= 0.6 is 0 Å². The van der Waals surface area contributed by atoms with E-state index >= 15 is 0 Å². The first-order valence-corrected chi connectivity index (χ1v) is 13.8. The van der Waals surface area contributed by atoms with Gasteiger partial charge in [0.05, 0.1) is 105 Å². The van der Waals surface area contributed by atoms with Gasteiger partial charge in [-0.2, -0.15) is 0 Å². The van der Waals surface area contributed by atoms with E-state index in [4.69, 9.17) is 33.2 Å². The molecular weight excluding hydrogens is 524 g/mol. The van der Waals surface area contributed by atoms with E-state index < -0.39 is 0 Å². The molecule has 2 amide bonds. The monoisotopic (exact) mass is 570 g/mol. The average Bonchev–Trinajstić information content (AvgIpc) is 3.50. The standard InChI is InChI=1S/C27H46N4O9/c1-27(2,3)6-8-34-10-12-36-14-16-38-18-20-40-21-19-39-17-15-37-13-11-35-9-7-30-22-24(28-29-30)23-31-25(32)4-5-26(31)33/h4-5,22H,6-21,23H2,1-3H3. The van der Waals surface area contributed by atoms with Crippen LogP contribution in [0.25, 0.3) is 0 Å². The van der Waals surface area contributed by atoms with Gasteiger partial charge in [-0.3, -0.25) is 14.5 Å². The van der Waals surface area contributed by atoms with Crippen molar-refractivity contribution in [1.29, 1.82) is 0 Å². The van der Waals surface area contributed by atoms with E-state index in [1.165, 1.54) is 12.2 Å². The number of carbonyl (C=O) groups is 2. The Morgan fingerprint density at radius 3 is 1.45 bits per heavy atom. The van der Waals surface area contributed by atoms with Gasteiger partial charge in [0, 0.05) is 18.8 Å². The van der Waals surface area contributed by atoms with Gasteiger partial charge in [0.2, 0.25) is 0 Å². The Labute approximate surface area is 237 Å². The zero-order chi connectivity index (χ0) is 28.9. The number of carbonyl (C=O) groups excluding carboxylic acids is 2. The van der Waals surface area contributed by atoms with Crippen molar-refractivity contribution < 1.29 is 42.7 Å². The van der Waals surface area contributed by atoms with Crippen molar-refractivity contribution in [3.05, 3.63) is 24.0 Å². The molecule has 0 fully saturated rings. The molecule has 1 aliphatic heterocycles. The van der Waals surface area contributed by atoms with Crippen LogP contribution in [0, 0.1) is 5.41 Å². The van der Waals surface area contributed by atoms with E-state index in [-0.39, 0.29) is 18.4 Å². The van der Waals surface area contributed by atoms with Crippen LogP contribution in [-0.2, 0) is 55.8 Å². The minimum atomic E-state index is -0.343.